The summed E-state index contributed by atoms with van der Waals surface area (Å²) in [4.78, 5) is 24.8. The number of carbonyl (C=O) groups excluding carboxylic acids is 2. The van der Waals surface area contributed by atoms with Gasteiger partial charge in [-0.15, -0.1) is 6.58 Å². The lowest BCUT2D eigenvalue weighted by atomic mass is 10.2. The molecule has 0 atom stereocenters. The average molecular weight is 286 g/mol. The summed E-state index contributed by atoms with van der Waals surface area (Å²) in [7, 11) is 0. The number of benzene rings is 1. The third-order valence-corrected chi connectivity index (χ3v) is 2.84. The van der Waals surface area contributed by atoms with Gasteiger partial charge in [0.25, 0.3) is 5.91 Å². The summed E-state index contributed by atoms with van der Waals surface area (Å²) in [6.45, 7) is 7.64. The van der Waals surface area contributed by atoms with E-state index in [1.54, 1.807) is 6.08 Å². The molecule has 1 N–H and O–H groups in total. The fourth-order valence-electron chi connectivity index (χ4n) is 1.95. The van der Waals surface area contributed by atoms with E-state index in [1.807, 2.05) is 38.1 Å². The second-order valence-electron chi connectivity index (χ2n) is 4.93. The predicted molar refractivity (Wildman–Crippen MR) is 80.6 cm³/mol. The normalized spacial score (nSPS) is 16.5. The fraction of sp³-hybridized carbons (Fsp3) is 0.250. The highest BCUT2D eigenvalue weighted by molar-refractivity contribution is 6.14. The number of imide groups is 1. The lowest BCUT2D eigenvalue weighted by Crippen LogP contribution is -2.30. The quantitative estimate of drug-likeness (QED) is 0.514. The molecule has 5 nitrogen and oxygen atoms in total. The van der Waals surface area contributed by atoms with Crippen LogP contribution in [0.3, 0.4) is 0 Å². The van der Waals surface area contributed by atoms with Crippen LogP contribution >= 0.6 is 0 Å². The van der Waals surface area contributed by atoms with E-state index in [0.717, 1.165) is 16.2 Å². The Labute approximate surface area is 123 Å². The van der Waals surface area contributed by atoms with E-state index >= 15 is 0 Å². The van der Waals surface area contributed by atoms with Gasteiger partial charge in [-0.1, -0.05) is 18.2 Å². The Morgan fingerprint density at radius 1 is 1.29 bits per heavy atom. The van der Waals surface area contributed by atoms with Crippen molar-refractivity contribution in [2.24, 2.45) is 0 Å². The van der Waals surface area contributed by atoms with Crippen LogP contribution in [0.15, 0.2) is 42.6 Å². The SMILES string of the molecule is C=CCN1C(=O)N/C(=C/c2ccc(OC(C)C)cc2)C1=O. The maximum absolute atomic E-state index is 12.0. The van der Waals surface area contributed by atoms with Crippen molar-refractivity contribution >= 4 is 18.0 Å². The third kappa shape index (κ3) is 3.51. The molecular formula is C16H18N2O3. The molecule has 21 heavy (non-hydrogen) atoms. The molecule has 110 valence electrons. The summed E-state index contributed by atoms with van der Waals surface area (Å²) in [5, 5.41) is 2.55. The third-order valence-electron chi connectivity index (χ3n) is 2.84. The average Bonchev–Trinajstić information content (AvgIpc) is 2.69. The monoisotopic (exact) mass is 286 g/mol. The van der Waals surface area contributed by atoms with E-state index in [2.05, 4.69) is 11.9 Å². The first-order valence-corrected chi connectivity index (χ1v) is 6.73. The Morgan fingerprint density at radius 2 is 1.95 bits per heavy atom. The maximum atomic E-state index is 12.0. The zero-order valence-electron chi connectivity index (χ0n) is 12.1. The molecule has 3 amide bonds. The fourth-order valence-corrected chi connectivity index (χ4v) is 1.95. The smallest absolute Gasteiger partial charge is 0.329 e. The molecule has 1 heterocycles. The first-order valence-electron chi connectivity index (χ1n) is 6.73. The highest BCUT2D eigenvalue weighted by Gasteiger charge is 2.32. The van der Waals surface area contributed by atoms with Crippen LogP contribution in [-0.2, 0) is 4.79 Å². The van der Waals surface area contributed by atoms with Gasteiger partial charge in [0.1, 0.15) is 11.4 Å². The second kappa shape index (κ2) is 6.26. The Hall–Kier alpha value is -2.56. The summed E-state index contributed by atoms with van der Waals surface area (Å²) in [6, 6.07) is 6.90. The molecule has 2 rings (SSSR count). The number of nitrogens with zero attached hydrogens (tertiary/aromatic N) is 1. The zero-order chi connectivity index (χ0) is 15.4. The number of amides is 3. The Kier molecular flexibility index (Phi) is 4.42. The van der Waals surface area contributed by atoms with Crippen LogP contribution in [-0.4, -0.2) is 29.5 Å². The van der Waals surface area contributed by atoms with Gasteiger partial charge < -0.3 is 10.1 Å². The van der Waals surface area contributed by atoms with Crippen molar-refractivity contribution in [1.82, 2.24) is 10.2 Å². The van der Waals surface area contributed by atoms with Crippen molar-refractivity contribution in [3.05, 3.63) is 48.2 Å². The molecule has 0 saturated carbocycles. The highest BCUT2D eigenvalue weighted by Crippen LogP contribution is 2.18. The number of ether oxygens (including phenoxy) is 1. The molecular weight excluding hydrogens is 268 g/mol. The minimum atomic E-state index is -0.425. The van der Waals surface area contributed by atoms with Gasteiger partial charge in [0.05, 0.1) is 6.10 Å². The summed E-state index contributed by atoms with van der Waals surface area (Å²) >= 11 is 0. The van der Waals surface area contributed by atoms with Crippen LogP contribution < -0.4 is 10.1 Å². The van der Waals surface area contributed by atoms with Gasteiger partial charge in [-0.3, -0.25) is 9.69 Å². The van der Waals surface area contributed by atoms with Crippen LogP contribution in [0.2, 0.25) is 0 Å². The number of rotatable bonds is 5. The van der Waals surface area contributed by atoms with E-state index < -0.39 is 6.03 Å². The van der Waals surface area contributed by atoms with Gasteiger partial charge in [0.15, 0.2) is 0 Å². The molecule has 1 saturated heterocycles. The standard InChI is InChI=1S/C16H18N2O3/c1-4-9-18-15(19)14(17-16(18)20)10-12-5-7-13(8-6-12)21-11(2)3/h4-8,10-11H,1,9H2,2-3H3,(H,17,20)/b14-10+. The van der Waals surface area contributed by atoms with Crippen LogP contribution in [0.1, 0.15) is 19.4 Å². The van der Waals surface area contributed by atoms with E-state index in [0.29, 0.717) is 0 Å². The van der Waals surface area contributed by atoms with Gasteiger partial charge in [-0.25, -0.2) is 4.79 Å². The molecule has 0 bridgehead atoms. The number of hydrogen-bond acceptors (Lipinski definition) is 3. The number of nitrogens with one attached hydrogen (secondary N) is 1. The van der Waals surface area contributed by atoms with E-state index in [9.17, 15) is 9.59 Å². The van der Waals surface area contributed by atoms with Crippen molar-refractivity contribution in [1.29, 1.82) is 0 Å². The number of hydrogen-bond donors (Lipinski definition) is 1. The topological polar surface area (TPSA) is 58.6 Å². The van der Waals surface area contributed by atoms with Gasteiger partial charge in [-0.2, -0.15) is 0 Å². The van der Waals surface area contributed by atoms with Gasteiger partial charge in [0.2, 0.25) is 0 Å². The van der Waals surface area contributed by atoms with Crippen LogP contribution in [0, 0.1) is 0 Å². The molecule has 1 fully saturated rings. The lowest BCUT2D eigenvalue weighted by Gasteiger charge is -2.09. The van der Waals surface area contributed by atoms with Crippen molar-refractivity contribution in [2.45, 2.75) is 20.0 Å². The minimum absolute atomic E-state index is 0.109. The molecule has 0 unspecified atom stereocenters. The number of urea groups is 1. The summed E-state index contributed by atoms with van der Waals surface area (Å²) in [5.41, 5.74) is 1.08. The lowest BCUT2D eigenvalue weighted by molar-refractivity contribution is -0.122. The zero-order valence-corrected chi connectivity index (χ0v) is 12.1. The maximum Gasteiger partial charge on any atom is 0.329 e. The molecule has 1 aromatic rings. The summed E-state index contributed by atoms with van der Waals surface area (Å²) in [5.74, 6) is 0.421. The molecule has 0 aliphatic carbocycles. The van der Waals surface area contributed by atoms with Crippen LogP contribution in [0.4, 0.5) is 4.79 Å². The molecule has 1 aromatic carbocycles. The molecule has 5 heteroatoms. The first kappa shape index (κ1) is 14.8. The van der Waals surface area contributed by atoms with Crippen molar-refractivity contribution in [3.8, 4) is 5.75 Å². The number of carbonyl (C=O) groups is 2. The summed E-state index contributed by atoms with van der Waals surface area (Å²) < 4.78 is 5.55. The predicted octanol–water partition coefficient (Wildman–Crippen LogP) is 2.55. The van der Waals surface area contributed by atoms with E-state index in [1.165, 1.54) is 6.08 Å². The molecule has 0 spiro atoms. The molecule has 0 radical (unpaired) electrons. The minimum Gasteiger partial charge on any atom is -0.491 e. The second-order valence-corrected chi connectivity index (χ2v) is 4.93. The molecule has 0 aromatic heterocycles. The first-order chi connectivity index (χ1) is 10.0. The Bertz CT molecular complexity index is 588. The molecule has 1 aliphatic heterocycles. The van der Waals surface area contributed by atoms with Crippen LogP contribution in [0.25, 0.3) is 6.08 Å². The Morgan fingerprint density at radius 3 is 2.52 bits per heavy atom. The van der Waals surface area contributed by atoms with Crippen molar-refractivity contribution < 1.29 is 14.3 Å². The van der Waals surface area contributed by atoms with E-state index in [4.69, 9.17) is 4.74 Å². The van der Waals surface area contributed by atoms with Gasteiger partial charge in [0, 0.05) is 6.54 Å². The van der Waals surface area contributed by atoms with Crippen molar-refractivity contribution in [3.63, 3.8) is 0 Å². The van der Waals surface area contributed by atoms with Gasteiger partial charge in [-0.05, 0) is 37.6 Å². The highest BCUT2D eigenvalue weighted by atomic mass is 16.5. The summed E-state index contributed by atoms with van der Waals surface area (Å²) in [6.07, 6.45) is 3.26. The van der Waals surface area contributed by atoms with Crippen LogP contribution in [0.5, 0.6) is 5.75 Å². The van der Waals surface area contributed by atoms with Crippen molar-refractivity contribution in [2.75, 3.05) is 6.54 Å². The van der Waals surface area contributed by atoms with E-state index in [-0.39, 0.29) is 24.3 Å². The Balaban J connectivity index is 2.15. The van der Waals surface area contributed by atoms with Gasteiger partial charge >= 0.3 is 6.03 Å². The largest absolute Gasteiger partial charge is 0.491 e. The molecule has 1 aliphatic rings.